The van der Waals surface area contributed by atoms with E-state index in [-0.39, 0.29) is 12.6 Å². The minimum Gasteiger partial charge on any atom is -0.378 e. The van der Waals surface area contributed by atoms with E-state index in [1.165, 1.54) is 0 Å². The third-order valence-corrected chi connectivity index (χ3v) is 4.20. The highest BCUT2D eigenvalue weighted by Crippen LogP contribution is 2.18. The van der Waals surface area contributed by atoms with Crippen molar-refractivity contribution < 1.29 is 14.3 Å². The second-order valence-electron chi connectivity index (χ2n) is 5.39. The lowest BCUT2D eigenvalue weighted by atomic mass is 10.2. The van der Waals surface area contributed by atoms with Gasteiger partial charge in [-0.3, -0.25) is 9.59 Å². The van der Waals surface area contributed by atoms with Crippen molar-refractivity contribution in [1.29, 1.82) is 0 Å². The molecular weight excluding hydrogens is 326 g/mol. The second kappa shape index (κ2) is 8.47. The molecule has 2 rings (SSSR count). The van der Waals surface area contributed by atoms with Crippen LogP contribution in [-0.2, 0) is 14.3 Å². The number of methoxy groups -OCH3 is 1. The monoisotopic (exact) mass is 347 g/mol. The molecule has 0 saturated carbocycles. The van der Waals surface area contributed by atoms with Crippen LogP contribution in [0, 0.1) is 0 Å². The fourth-order valence-electron chi connectivity index (χ4n) is 2.09. The highest BCUT2D eigenvalue weighted by Gasteiger charge is 2.17. The van der Waals surface area contributed by atoms with Gasteiger partial charge in [0, 0.05) is 39.1 Å². The smallest absolute Gasteiger partial charge is 0.313 e. The zero-order valence-corrected chi connectivity index (χ0v) is 14.7. The maximum Gasteiger partial charge on any atom is 0.313 e. The number of anilines is 2. The summed E-state index contributed by atoms with van der Waals surface area (Å²) in [6.45, 7) is 0.235. The summed E-state index contributed by atoms with van der Waals surface area (Å²) in [5.74, 6) is -1.39. The summed E-state index contributed by atoms with van der Waals surface area (Å²) in [6, 6.07) is 9.17. The molecule has 6 nitrogen and oxygen atoms in total. The van der Waals surface area contributed by atoms with Gasteiger partial charge in [0.05, 0.1) is 0 Å². The summed E-state index contributed by atoms with van der Waals surface area (Å²) in [5.41, 5.74) is 2.56. The van der Waals surface area contributed by atoms with Gasteiger partial charge in [-0.15, -0.1) is 0 Å². The Morgan fingerprint density at radius 3 is 2.42 bits per heavy atom. The van der Waals surface area contributed by atoms with Crippen LogP contribution in [0.2, 0.25) is 0 Å². The predicted octanol–water partition coefficient (Wildman–Crippen LogP) is 2.26. The van der Waals surface area contributed by atoms with Crippen LogP contribution in [0.5, 0.6) is 0 Å². The van der Waals surface area contributed by atoms with E-state index in [1.807, 2.05) is 48.0 Å². The number of hydrogen-bond donors (Lipinski definition) is 2. The highest BCUT2D eigenvalue weighted by atomic mass is 32.1. The predicted molar refractivity (Wildman–Crippen MR) is 96.5 cm³/mol. The number of hydrogen-bond acceptors (Lipinski definition) is 5. The number of carbonyl (C=O) groups is 2. The number of benzene rings is 1. The molecule has 0 saturated heterocycles. The van der Waals surface area contributed by atoms with E-state index < -0.39 is 11.8 Å². The van der Waals surface area contributed by atoms with Gasteiger partial charge >= 0.3 is 11.8 Å². The quantitative estimate of drug-likeness (QED) is 0.787. The molecule has 0 radical (unpaired) electrons. The van der Waals surface area contributed by atoms with Crippen LogP contribution in [0.4, 0.5) is 11.4 Å². The highest BCUT2D eigenvalue weighted by molar-refractivity contribution is 7.07. The molecule has 0 aliphatic rings. The van der Waals surface area contributed by atoms with Crippen LogP contribution in [0.25, 0.3) is 0 Å². The Balaban J connectivity index is 1.86. The molecule has 1 aromatic carbocycles. The van der Waals surface area contributed by atoms with Crippen LogP contribution in [0.3, 0.4) is 0 Å². The Kier molecular flexibility index (Phi) is 6.34. The van der Waals surface area contributed by atoms with Crippen molar-refractivity contribution in [1.82, 2.24) is 5.32 Å². The van der Waals surface area contributed by atoms with Crippen molar-refractivity contribution in [2.75, 3.05) is 38.0 Å². The first kappa shape index (κ1) is 18.0. The van der Waals surface area contributed by atoms with Gasteiger partial charge in [0.2, 0.25) is 0 Å². The minimum absolute atomic E-state index is 0.235. The Bertz CT molecular complexity index is 669. The largest absolute Gasteiger partial charge is 0.378 e. The molecule has 0 aliphatic carbocycles. The average Bonchev–Trinajstić information content (AvgIpc) is 3.10. The number of rotatable bonds is 6. The molecule has 2 aromatic rings. The maximum absolute atomic E-state index is 11.9. The Morgan fingerprint density at radius 1 is 1.17 bits per heavy atom. The molecule has 128 valence electrons. The SMILES string of the molecule is COC(CNC(=O)C(=O)Nc1ccc(N(C)C)cc1)c1ccsc1. The first-order valence-electron chi connectivity index (χ1n) is 7.42. The number of ether oxygens (including phenoxy) is 1. The molecule has 0 aliphatic heterocycles. The van der Waals surface area contributed by atoms with Crippen LogP contribution in [-0.4, -0.2) is 39.6 Å². The first-order valence-corrected chi connectivity index (χ1v) is 8.37. The molecule has 1 unspecified atom stereocenters. The van der Waals surface area contributed by atoms with Gasteiger partial charge in [0.15, 0.2) is 0 Å². The van der Waals surface area contributed by atoms with Gasteiger partial charge in [-0.25, -0.2) is 0 Å². The van der Waals surface area contributed by atoms with Crippen LogP contribution < -0.4 is 15.5 Å². The number of thiophene rings is 1. The maximum atomic E-state index is 11.9. The van der Waals surface area contributed by atoms with Crippen molar-refractivity contribution in [2.24, 2.45) is 0 Å². The second-order valence-corrected chi connectivity index (χ2v) is 6.17. The zero-order chi connectivity index (χ0) is 17.5. The Morgan fingerprint density at radius 2 is 1.88 bits per heavy atom. The lowest BCUT2D eigenvalue weighted by molar-refractivity contribution is -0.136. The summed E-state index contributed by atoms with van der Waals surface area (Å²) in [4.78, 5) is 25.8. The van der Waals surface area contributed by atoms with Gasteiger partial charge in [0.25, 0.3) is 0 Å². The topological polar surface area (TPSA) is 70.7 Å². The van der Waals surface area contributed by atoms with E-state index in [4.69, 9.17) is 4.74 Å². The third kappa shape index (κ3) is 4.81. The van der Waals surface area contributed by atoms with Crippen molar-refractivity contribution in [2.45, 2.75) is 6.10 Å². The molecule has 2 N–H and O–H groups in total. The van der Waals surface area contributed by atoms with Crippen LogP contribution >= 0.6 is 11.3 Å². The molecule has 0 spiro atoms. The van der Waals surface area contributed by atoms with E-state index >= 15 is 0 Å². The summed E-state index contributed by atoms with van der Waals surface area (Å²) in [7, 11) is 5.43. The molecule has 2 amide bonds. The fourth-order valence-corrected chi connectivity index (χ4v) is 2.79. The lowest BCUT2D eigenvalue weighted by Crippen LogP contribution is -2.37. The average molecular weight is 347 g/mol. The van der Waals surface area contributed by atoms with E-state index in [2.05, 4.69) is 10.6 Å². The Labute approximate surface area is 145 Å². The van der Waals surface area contributed by atoms with E-state index in [0.29, 0.717) is 5.69 Å². The van der Waals surface area contributed by atoms with Crippen molar-refractivity contribution in [3.63, 3.8) is 0 Å². The molecule has 0 fully saturated rings. The summed E-state index contributed by atoms with van der Waals surface area (Å²) in [5, 5.41) is 9.06. The summed E-state index contributed by atoms with van der Waals surface area (Å²) >= 11 is 1.55. The first-order chi connectivity index (χ1) is 11.5. The van der Waals surface area contributed by atoms with Crippen molar-refractivity contribution >= 4 is 34.5 Å². The fraction of sp³-hybridized carbons (Fsp3) is 0.294. The summed E-state index contributed by atoms with van der Waals surface area (Å²) in [6.07, 6.45) is -0.271. The molecule has 24 heavy (non-hydrogen) atoms. The van der Waals surface area contributed by atoms with Crippen molar-refractivity contribution in [3.8, 4) is 0 Å². The normalized spacial score (nSPS) is 11.6. The van der Waals surface area contributed by atoms with Gasteiger partial charge in [-0.1, -0.05) is 0 Å². The number of nitrogens with one attached hydrogen (secondary N) is 2. The van der Waals surface area contributed by atoms with E-state index in [1.54, 1.807) is 30.6 Å². The Hall–Kier alpha value is -2.38. The van der Waals surface area contributed by atoms with Crippen molar-refractivity contribution in [3.05, 3.63) is 46.7 Å². The molecule has 7 heteroatoms. The third-order valence-electron chi connectivity index (χ3n) is 3.50. The minimum atomic E-state index is -0.701. The molecule has 1 atom stereocenters. The molecule has 1 aromatic heterocycles. The number of nitrogens with zero attached hydrogens (tertiary/aromatic N) is 1. The van der Waals surface area contributed by atoms with Gasteiger partial charge < -0.3 is 20.3 Å². The standard InChI is InChI=1S/C17H21N3O3S/c1-20(2)14-6-4-13(5-7-14)19-17(22)16(21)18-10-15(23-3)12-8-9-24-11-12/h4-9,11,15H,10H2,1-3H3,(H,18,21)(H,19,22). The van der Waals surface area contributed by atoms with Gasteiger partial charge in [0.1, 0.15) is 6.10 Å². The van der Waals surface area contributed by atoms with Crippen LogP contribution in [0.1, 0.15) is 11.7 Å². The zero-order valence-electron chi connectivity index (χ0n) is 13.9. The molecule has 1 heterocycles. The van der Waals surface area contributed by atoms with E-state index in [9.17, 15) is 9.59 Å². The summed E-state index contributed by atoms with van der Waals surface area (Å²) < 4.78 is 5.33. The van der Waals surface area contributed by atoms with E-state index in [0.717, 1.165) is 11.3 Å². The number of amides is 2. The van der Waals surface area contributed by atoms with Crippen LogP contribution in [0.15, 0.2) is 41.1 Å². The molecular formula is C17H21N3O3S. The molecule has 0 bridgehead atoms. The van der Waals surface area contributed by atoms with Gasteiger partial charge in [-0.05, 0) is 46.7 Å². The number of carbonyl (C=O) groups excluding carboxylic acids is 2. The van der Waals surface area contributed by atoms with Gasteiger partial charge in [-0.2, -0.15) is 11.3 Å². The lowest BCUT2D eigenvalue weighted by Gasteiger charge is -2.15.